The highest BCUT2D eigenvalue weighted by Crippen LogP contribution is 2.20. The van der Waals surface area contributed by atoms with Gasteiger partial charge in [0.1, 0.15) is 23.3 Å². The smallest absolute Gasteiger partial charge is 0.144 e. The molecule has 0 aliphatic rings. The van der Waals surface area contributed by atoms with E-state index in [0.29, 0.717) is 0 Å². The van der Waals surface area contributed by atoms with Gasteiger partial charge in [-0.15, -0.1) is 0 Å². The van der Waals surface area contributed by atoms with Crippen LogP contribution in [0.3, 0.4) is 0 Å². The first-order valence-corrected chi connectivity index (χ1v) is 4.30. The first-order valence-electron chi connectivity index (χ1n) is 4.30. The molecule has 0 unspecified atom stereocenters. The van der Waals surface area contributed by atoms with Crippen LogP contribution in [0.25, 0.3) is 0 Å². The van der Waals surface area contributed by atoms with Crippen molar-refractivity contribution in [3.8, 4) is 6.07 Å². The third kappa shape index (κ3) is 2.29. The molecular formula is C10H10F2N2O. The Morgan fingerprint density at radius 2 is 1.87 bits per heavy atom. The molecule has 0 radical (unpaired) electrons. The SMILES string of the molecule is C[C@@H](O)[C@H](N)c1cc(F)c(C#N)c(F)c1. The van der Waals surface area contributed by atoms with Crippen molar-refractivity contribution in [2.45, 2.75) is 19.1 Å². The molecule has 0 aliphatic carbocycles. The van der Waals surface area contributed by atoms with E-state index in [4.69, 9.17) is 16.1 Å². The number of aliphatic hydroxyl groups is 1. The summed E-state index contributed by atoms with van der Waals surface area (Å²) < 4.78 is 26.3. The van der Waals surface area contributed by atoms with E-state index in [-0.39, 0.29) is 5.56 Å². The van der Waals surface area contributed by atoms with Gasteiger partial charge in [-0.25, -0.2) is 8.78 Å². The van der Waals surface area contributed by atoms with Crippen molar-refractivity contribution in [1.82, 2.24) is 0 Å². The summed E-state index contributed by atoms with van der Waals surface area (Å²) in [5, 5.41) is 17.6. The molecule has 1 rings (SSSR count). The van der Waals surface area contributed by atoms with E-state index in [1.165, 1.54) is 13.0 Å². The zero-order valence-electron chi connectivity index (χ0n) is 8.04. The topological polar surface area (TPSA) is 70.0 Å². The molecule has 0 saturated carbocycles. The Hall–Kier alpha value is -1.51. The third-order valence-corrected chi connectivity index (χ3v) is 2.08. The van der Waals surface area contributed by atoms with Gasteiger partial charge in [-0.2, -0.15) is 5.26 Å². The van der Waals surface area contributed by atoms with E-state index in [9.17, 15) is 8.78 Å². The largest absolute Gasteiger partial charge is 0.391 e. The fourth-order valence-electron chi connectivity index (χ4n) is 1.17. The highest BCUT2D eigenvalue weighted by atomic mass is 19.1. The molecule has 15 heavy (non-hydrogen) atoms. The molecule has 0 fully saturated rings. The molecule has 0 amide bonds. The first kappa shape index (κ1) is 11.6. The summed E-state index contributed by atoms with van der Waals surface area (Å²) in [7, 11) is 0. The summed E-state index contributed by atoms with van der Waals surface area (Å²) in [5.74, 6) is -1.94. The van der Waals surface area contributed by atoms with E-state index in [1.54, 1.807) is 0 Å². The predicted octanol–water partition coefficient (Wildman–Crippen LogP) is 1.22. The number of hydrogen-bond acceptors (Lipinski definition) is 3. The van der Waals surface area contributed by atoms with Crippen LogP contribution in [0, 0.1) is 23.0 Å². The number of nitrogens with zero attached hydrogens (tertiary/aromatic N) is 1. The van der Waals surface area contributed by atoms with Gasteiger partial charge in [-0.1, -0.05) is 0 Å². The van der Waals surface area contributed by atoms with Gasteiger partial charge in [0.2, 0.25) is 0 Å². The minimum Gasteiger partial charge on any atom is -0.391 e. The van der Waals surface area contributed by atoms with Crippen LogP contribution in [-0.2, 0) is 0 Å². The number of halogens is 2. The maximum absolute atomic E-state index is 13.1. The number of nitriles is 1. The van der Waals surface area contributed by atoms with Crippen molar-refractivity contribution in [3.05, 3.63) is 34.9 Å². The number of rotatable bonds is 2. The zero-order chi connectivity index (χ0) is 11.6. The Bertz CT molecular complexity index is 389. The number of benzene rings is 1. The highest BCUT2D eigenvalue weighted by Gasteiger charge is 2.17. The van der Waals surface area contributed by atoms with E-state index in [0.717, 1.165) is 12.1 Å². The van der Waals surface area contributed by atoms with Crippen LogP contribution in [0.2, 0.25) is 0 Å². The molecule has 3 nitrogen and oxygen atoms in total. The van der Waals surface area contributed by atoms with Crippen LogP contribution in [0.1, 0.15) is 24.1 Å². The summed E-state index contributed by atoms with van der Waals surface area (Å²) in [5.41, 5.74) is 4.98. The fraction of sp³-hybridized carbons (Fsp3) is 0.300. The van der Waals surface area contributed by atoms with Crippen LogP contribution in [0.5, 0.6) is 0 Å². The minimum atomic E-state index is -0.969. The second-order valence-corrected chi connectivity index (χ2v) is 3.24. The van der Waals surface area contributed by atoms with Gasteiger partial charge >= 0.3 is 0 Å². The third-order valence-electron chi connectivity index (χ3n) is 2.08. The van der Waals surface area contributed by atoms with Crippen LogP contribution < -0.4 is 5.73 Å². The van der Waals surface area contributed by atoms with Crippen LogP contribution in [0.4, 0.5) is 8.78 Å². The average molecular weight is 212 g/mol. The second-order valence-electron chi connectivity index (χ2n) is 3.24. The number of aliphatic hydroxyl groups excluding tert-OH is 1. The van der Waals surface area contributed by atoms with E-state index in [1.807, 2.05) is 0 Å². The lowest BCUT2D eigenvalue weighted by molar-refractivity contribution is 0.164. The molecule has 0 bridgehead atoms. The van der Waals surface area contributed by atoms with Gasteiger partial charge in [0.15, 0.2) is 0 Å². The summed E-state index contributed by atoms with van der Waals surface area (Å²) >= 11 is 0. The maximum atomic E-state index is 13.1. The quantitative estimate of drug-likeness (QED) is 0.774. The van der Waals surface area contributed by atoms with Gasteiger partial charge in [0, 0.05) is 0 Å². The summed E-state index contributed by atoms with van der Waals surface area (Å²) in [4.78, 5) is 0. The Morgan fingerprint density at radius 3 is 2.20 bits per heavy atom. The van der Waals surface area contributed by atoms with Crippen LogP contribution >= 0.6 is 0 Å². The lowest BCUT2D eigenvalue weighted by Crippen LogP contribution is -2.23. The first-order chi connectivity index (χ1) is 6.97. The fourth-order valence-corrected chi connectivity index (χ4v) is 1.17. The van der Waals surface area contributed by atoms with Crippen LogP contribution in [-0.4, -0.2) is 11.2 Å². The van der Waals surface area contributed by atoms with E-state index in [2.05, 4.69) is 0 Å². The van der Waals surface area contributed by atoms with E-state index < -0.39 is 29.3 Å². The summed E-state index contributed by atoms with van der Waals surface area (Å²) in [6, 6.07) is 2.45. The molecular weight excluding hydrogens is 202 g/mol. The van der Waals surface area contributed by atoms with Gasteiger partial charge < -0.3 is 10.8 Å². The highest BCUT2D eigenvalue weighted by molar-refractivity contribution is 5.36. The Kier molecular flexibility index (Phi) is 3.35. The molecule has 5 heteroatoms. The molecule has 3 N–H and O–H groups in total. The maximum Gasteiger partial charge on any atom is 0.144 e. The van der Waals surface area contributed by atoms with Gasteiger partial charge in [0.25, 0.3) is 0 Å². The van der Waals surface area contributed by atoms with Crippen molar-refractivity contribution in [2.75, 3.05) is 0 Å². The Labute approximate surface area is 85.7 Å². The lowest BCUT2D eigenvalue weighted by Gasteiger charge is -2.15. The molecule has 0 saturated heterocycles. The summed E-state index contributed by atoms with van der Waals surface area (Å²) in [6.07, 6.45) is -0.920. The molecule has 0 aliphatic heterocycles. The zero-order valence-corrected chi connectivity index (χ0v) is 8.04. The molecule has 0 heterocycles. The minimum absolute atomic E-state index is 0.124. The standard InChI is InChI=1S/C10H10F2N2O/c1-5(15)10(14)6-2-8(11)7(4-13)9(12)3-6/h2-3,5,10,15H,14H2,1H3/t5-,10+/m1/s1. The lowest BCUT2D eigenvalue weighted by atomic mass is 10.0. The van der Waals surface area contributed by atoms with Gasteiger partial charge in [-0.3, -0.25) is 0 Å². The van der Waals surface area contributed by atoms with Gasteiger partial charge in [0.05, 0.1) is 12.1 Å². The number of nitrogens with two attached hydrogens (primary N) is 1. The number of hydrogen-bond donors (Lipinski definition) is 2. The van der Waals surface area contributed by atoms with E-state index >= 15 is 0 Å². The summed E-state index contributed by atoms with van der Waals surface area (Å²) in [6.45, 7) is 1.42. The normalized spacial score (nSPS) is 14.4. The van der Waals surface area contributed by atoms with Crippen molar-refractivity contribution >= 4 is 0 Å². The molecule has 1 aromatic rings. The predicted molar refractivity (Wildman–Crippen MR) is 49.7 cm³/mol. The second kappa shape index (κ2) is 4.34. The Morgan fingerprint density at radius 1 is 1.40 bits per heavy atom. The van der Waals surface area contributed by atoms with Crippen molar-refractivity contribution < 1.29 is 13.9 Å². The van der Waals surface area contributed by atoms with Crippen molar-refractivity contribution in [1.29, 1.82) is 5.26 Å². The monoisotopic (exact) mass is 212 g/mol. The van der Waals surface area contributed by atoms with Gasteiger partial charge in [-0.05, 0) is 24.6 Å². The van der Waals surface area contributed by atoms with Crippen molar-refractivity contribution in [2.24, 2.45) is 5.73 Å². The average Bonchev–Trinajstić information content (AvgIpc) is 2.15. The molecule has 2 atom stereocenters. The molecule has 0 aromatic heterocycles. The molecule has 1 aromatic carbocycles. The van der Waals surface area contributed by atoms with Crippen molar-refractivity contribution in [3.63, 3.8) is 0 Å². The molecule has 80 valence electrons. The molecule has 0 spiro atoms. The Balaban J connectivity index is 3.21. The van der Waals surface area contributed by atoms with Crippen LogP contribution in [0.15, 0.2) is 12.1 Å².